The average Bonchev–Trinajstić information content (AvgIpc) is 2.68. The SMILES string of the molecule is NC(=O)N(C1=CC=CC=CC1)S(=O)(=O)c1ccccc1. The molecule has 0 heterocycles. The van der Waals surface area contributed by atoms with Crippen LogP contribution in [0.1, 0.15) is 6.42 Å². The molecule has 104 valence electrons. The van der Waals surface area contributed by atoms with Crippen LogP contribution in [0, 0.1) is 0 Å². The molecular formula is C14H14N2O3S. The Hall–Kier alpha value is -2.34. The van der Waals surface area contributed by atoms with E-state index in [1.165, 1.54) is 12.1 Å². The maximum absolute atomic E-state index is 12.5. The van der Waals surface area contributed by atoms with Crippen molar-refractivity contribution in [1.82, 2.24) is 4.31 Å². The Morgan fingerprint density at radius 1 is 1.10 bits per heavy atom. The van der Waals surface area contributed by atoms with Crippen LogP contribution in [0.3, 0.4) is 0 Å². The lowest BCUT2D eigenvalue weighted by atomic mass is 10.3. The lowest BCUT2D eigenvalue weighted by molar-refractivity contribution is 0.237. The van der Waals surface area contributed by atoms with Crippen molar-refractivity contribution in [3.05, 3.63) is 66.4 Å². The fourth-order valence-corrected chi connectivity index (χ4v) is 3.22. The quantitative estimate of drug-likeness (QED) is 0.926. The zero-order valence-corrected chi connectivity index (χ0v) is 11.5. The van der Waals surface area contributed by atoms with Gasteiger partial charge in [0.05, 0.1) is 4.90 Å². The van der Waals surface area contributed by atoms with Gasteiger partial charge in [0.1, 0.15) is 0 Å². The minimum Gasteiger partial charge on any atom is -0.350 e. The molecule has 1 aromatic carbocycles. The lowest BCUT2D eigenvalue weighted by Gasteiger charge is -2.22. The molecule has 0 atom stereocenters. The molecule has 0 unspecified atom stereocenters. The van der Waals surface area contributed by atoms with E-state index in [0.29, 0.717) is 16.4 Å². The minimum absolute atomic E-state index is 0.0249. The summed E-state index contributed by atoms with van der Waals surface area (Å²) in [5, 5.41) is 0. The zero-order valence-electron chi connectivity index (χ0n) is 10.6. The highest BCUT2D eigenvalue weighted by atomic mass is 32.2. The van der Waals surface area contributed by atoms with Crippen molar-refractivity contribution in [1.29, 1.82) is 0 Å². The number of nitrogens with two attached hydrogens (primary N) is 1. The Bertz CT molecular complexity index is 688. The second-order valence-electron chi connectivity index (χ2n) is 4.10. The molecule has 1 aliphatic carbocycles. The van der Waals surface area contributed by atoms with Crippen molar-refractivity contribution < 1.29 is 13.2 Å². The van der Waals surface area contributed by atoms with Gasteiger partial charge >= 0.3 is 6.03 Å². The Labute approximate surface area is 117 Å². The monoisotopic (exact) mass is 290 g/mol. The molecule has 0 bridgehead atoms. The topological polar surface area (TPSA) is 80.5 Å². The van der Waals surface area contributed by atoms with E-state index in [-0.39, 0.29) is 4.90 Å². The van der Waals surface area contributed by atoms with Gasteiger partial charge in [0.25, 0.3) is 10.0 Å². The van der Waals surface area contributed by atoms with Crippen molar-refractivity contribution in [3.8, 4) is 0 Å². The number of allylic oxidation sites excluding steroid dienone is 5. The third kappa shape index (κ3) is 2.80. The van der Waals surface area contributed by atoms with E-state index in [9.17, 15) is 13.2 Å². The van der Waals surface area contributed by atoms with E-state index in [2.05, 4.69) is 0 Å². The first-order valence-corrected chi connectivity index (χ1v) is 7.39. The van der Waals surface area contributed by atoms with E-state index >= 15 is 0 Å². The third-order valence-electron chi connectivity index (χ3n) is 2.72. The molecule has 0 spiro atoms. The second kappa shape index (κ2) is 5.75. The molecule has 1 aliphatic rings. The largest absolute Gasteiger partial charge is 0.350 e. The van der Waals surface area contributed by atoms with Crippen molar-refractivity contribution in [3.63, 3.8) is 0 Å². The van der Waals surface area contributed by atoms with Crippen molar-refractivity contribution >= 4 is 16.1 Å². The van der Waals surface area contributed by atoms with Crippen molar-refractivity contribution in [2.45, 2.75) is 11.3 Å². The number of urea groups is 1. The van der Waals surface area contributed by atoms with Crippen LogP contribution in [0.5, 0.6) is 0 Å². The van der Waals surface area contributed by atoms with E-state index < -0.39 is 16.1 Å². The van der Waals surface area contributed by atoms with Crippen LogP contribution < -0.4 is 5.73 Å². The van der Waals surface area contributed by atoms with Gasteiger partial charge in [-0.25, -0.2) is 13.2 Å². The maximum atomic E-state index is 12.5. The number of amides is 2. The lowest BCUT2D eigenvalue weighted by Crippen LogP contribution is -2.39. The van der Waals surface area contributed by atoms with Crippen LogP contribution in [0.2, 0.25) is 0 Å². The number of carbonyl (C=O) groups excluding carboxylic acids is 1. The molecule has 2 N–H and O–H groups in total. The standard InChI is InChI=1S/C14H14N2O3S/c15-14(17)16(12-8-4-1-2-5-9-12)20(18,19)13-10-6-3-7-11-13/h1-8,10-11H,9H2,(H2,15,17). The minimum atomic E-state index is -3.99. The number of carbonyl (C=O) groups is 1. The molecular weight excluding hydrogens is 276 g/mol. The van der Waals surface area contributed by atoms with Crippen LogP contribution in [0.4, 0.5) is 4.79 Å². The van der Waals surface area contributed by atoms with E-state index in [0.717, 1.165) is 0 Å². The summed E-state index contributed by atoms with van der Waals surface area (Å²) in [5.74, 6) is 0. The molecule has 20 heavy (non-hydrogen) atoms. The Morgan fingerprint density at radius 3 is 2.45 bits per heavy atom. The first kappa shape index (κ1) is 14.1. The third-order valence-corrected chi connectivity index (χ3v) is 4.48. The fraction of sp³-hybridized carbons (Fsp3) is 0.0714. The highest BCUT2D eigenvalue weighted by Crippen LogP contribution is 2.23. The second-order valence-corrected chi connectivity index (χ2v) is 5.88. The number of benzene rings is 1. The normalized spacial score (nSPS) is 14.5. The summed E-state index contributed by atoms with van der Waals surface area (Å²) >= 11 is 0. The smallest absolute Gasteiger partial charge is 0.333 e. The van der Waals surface area contributed by atoms with E-state index in [1.54, 1.807) is 48.6 Å². The molecule has 0 aliphatic heterocycles. The highest BCUT2D eigenvalue weighted by molar-refractivity contribution is 7.89. The first-order valence-electron chi connectivity index (χ1n) is 5.95. The number of sulfonamides is 1. The summed E-state index contributed by atoms with van der Waals surface area (Å²) in [7, 11) is -3.99. The van der Waals surface area contributed by atoms with Gasteiger partial charge < -0.3 is 5.73 Å². The zero-order chi connectivity index (χ0) is 14.6. The number of primary amides is 1. The predicted octanol–water partition coefficient (Wildman–Crippen LogP) is 2.16. The Balaban J connectivity index is 2.49. The number of nitrogens with zero attached hydrogens (tertiary/aromatic N) is 1. The predicted molar refractivity (Wildman–Crippen MR) is 76.0 cm³/mol. The van der Waals surface area contributed by atoms with Crippen LogP contribution in [-0.2, 0) is 10.0 Å². The summed E-state index contributed by atoms with van der Waals surface area (Å²) in [4.78, 5) is 11.6. The maximum Gasteiger partial charge on any atom is 0.333 e. The molecule has 0 saturated carbocycles. The summed E-state index contributed by atoms with van der Waals surface area (Å²) in [6.07, 6.45) is 8.81. The summed E-state index contributed by atoms with van der Waals surface area (Å²) < 4.78 is 25.7. The number of hydrogen-bond acceptors (Lipinski definition) is 3. The first-order chi connectivity index (χ1) is 9.53. The summed E-state index contributed by atoms with van der Waals surface area (Å²) in [6.45, 7) is 0. The van der Waals surface area contributed by atoms with Gasteiger partial charge in [0.15, 0.2) is 0 Å². The molecule has 0 radical (unpaired) electrons. The summed E-state index contributed by atoms with van der Waals surface area (Å²) in [5.41, 5.74) is 5.57. The van der Waals surface area contributed by atoms with Crippen LogP contribution >= 0.6 is 0 Å². The van der Waals surface area contributed by atoms with Gasteiger partial charge in [-0.3, -0.25) is 0 Å². The van der Waals surface area contributed by atoms with Crippen molar-refractivity contribution in [2.75, 3.05) is 0 Å². The Kier molecular flexibility index (Phi) is 4.05. The van der Waals surface area contributed by atoms with Crippen LogP contribution in [0.15, 0.2) is 71.3 Å². The highest BCUT2D eigenvalue weighted by Gasteiger charge is 2.30. The molecule has 6 heteroatoms. The number of rotatable bonds is 3. The molecule has 0 fully saturated rings. The van der Waals surface area contributed by atoms with Gasteiger partial charge in [-0.15, -0.1) is 0 Å². The van der Waals surface area contributed by atoms with Gasteiger partial charge in [0, 0.05) is 12.1 Å². The van der Waals surface area contributed by atoms with E-state index in [4.69, 9.17) is 5.73 Å². The Morgan fingerprint density at radius 2 is 1.80 bits per heavy atom. The number of hydrogen-bond donors (Lipinski definition) is 1. The summed E-state index contributed by atoms with van der Waals surface area (Å²) in [6, 6.07) is 6.71. The molecule has 2 amide bonds. The van der Waals surface area contributed by atoms with Gasteiger partial charge in [-0.1, -0.05) is 42.5 Å². The molecule has 1 aromatic rings. The van der Waals surface area contributed by atoms with Crippen LogP contribution in [-0.4, -0.2) is 18.8 Å². The van der Waals surface area contributed by atoms with E-state index in [1.807, 2.05) is 0 Å². The van der Waals surface area contributed by atoms with Gasteiger partial charge in [-0.05, 0) is 18.2 Å². The molecule has 0 aromatic heterocycles. The van der Waals surface area contributed by atoms with Gasteiger partial charge in [-0.2, -0.15) is 4.31 Å². The van der Waals surface area contributed by atoms with Crippen LogP contribution in [0.25, 0.3) is 0 Å². The van der Waals surface area contributed by atoms with Crippen molar-refractivity contribution in [2.24, 2.45) is 5.73 Å². The molecule has 0 saturated heterocycles. The molecule has 2 rings (SSSR count). The van der Waals surface area contributed by atoms with Gasteiger partial charge in [0.2, 0.25) is 0 Å². The molecule has 5 nitrogen and oxygen atoms in total. The average molecular weight is 290 g/mol. The fourth-order valence-electron chi connectivity index (χ4n) is 1.83.